The highest BCUT2D eigenvalue weighted by molar-refractivity contribution is 9.10. The molecule has 0 aromatic heterocycles. The lowest BCUT2D eigenvalue weighted by molar-refractivity contribution is -0.123. The fraction of sp³-hybridized carbons (Fsp3) is 0.200. The predicted octanol–water partition coefficient (Wildman–Crippen LogP) is 2.06. The van der Waals surface area contributed by atoms with Crippen LogP contribution in [0.2, 0.25) is 0 Å². The molecule has 1 aromatic carbocycles. The number of carbonyl (C=O) groups is 2. The second kappa shape index (κ2) is 3.83. The number of alkyl halides is 1. The normalized spacial score (nSPS) is 14.6. The molecule has 0 N–H and O–H groups in total. The first-order chi connectivity index (χ1) is 6.11. The van der Waals surface area contributed by atoms with Gasteiger partial charge in [-0.1, -0.05) is 46.3 Å². The van der Waals surface area contributed by atoms with E-state index in [-0.39, 0.29) is 5.78 Å². The van der Waals surface area contributed by atoms with Gasteiger partial charge in [0.05, 0.1) is 0 Å². The van der Waals surface area contributed by atoms with E-state index < -0.39 is 4.32 Å². The van der Waals surface area contributed by atoms with Crippen molar-refractivity contribution in [1.29, 1.82) is 0 Å². The molecule has 0 heterocycles. The van der Waals surface area contributed by atoms with Gasteiger partial charge < -0.3 is 4.79 Å². The Morgan fingerprint density at radius 2 is 1.92 bits per heavy atom. The zero-order chi connectivity index (χ0) is 9.90. The van der Waals surface area contributed by atoms with Crippen molar-refractivity contribution in [2.45, 2.75) is 11.2 Å². The van der Waals surface area contributed by atoms with Gasteiger partial charge in [0.25, 0.3) is 0 Å². The monoisotopic (exact) mass is 240 g/mol. The summed E-state index contributed by atoms with van der Waals surface area (Å²) < 4.78 is -1.17. The molecule has 0 radical (unpaired) electrons. The quantitative estimate of drug-likeness (QED) is 0.461. The van der Waals surface area contributed by atoms with Crippen LogP contribution in [0.4, 0.5) is 0 Å². The van der Waals surface area contributed by atoms with Gasteiger partial charge in [0.15, 0.2) is 10.1 Å². The summed E-state index contributed by atoms with van der Waals surface area (Å²) in [5.41, 5.74) is 0.664. The van der Waals surface area contributed by atoms with E-state index in [4.69, 9.17) is 0 Å². The summed E-state index contributed by atoms with van der Waals surface area (Å²) >= 11 is 3.14. The van der Waals surface area contributed by atoms with Crippen molar-refractivity contribution < 1.29 is 9.59 Å². The molecule has 1 rings (SSSR count). The molecule has 2 nitrogen and oxygen atoms in total. The van der Waals surface area contributed by atoms with E-state index >= 15 is 0 Å². The van der Waals surface area contributed by atoms with Crippen LogP contribution < -0.4 is 0 Å². The molecule has 0 aliphatic rings. The van der Waals surface area contributed by atoms with Crippen molar-refractivity contribution in [2.24, 2.45) is 0 Å². The molecular weight excluding hydrogens is 232 g/mol. The maximum Gasteiger partial charge on any atom is 0.163 e. The smallest absolute Gasteiger partial charge is 0.163 e. The third-order valence-electron chi connectivity index (χ3n) is 1.87. The molecule has 68 valence electrons. The SMILES string of the molecule is CC(=O)C(Br)(C=O)c1ccccc1. The number of benzene rings is 1. The number of ketones is 1. The minimum absolute atomic E-state index is 0.214. The zero-order valence-corrected chi connectivity index (χ0v) is 8.74. The van der Waals surface area contributed by atoms with Crippen LogP contribution in [0.1, 0.15) is 12.5 Å². The number of carbonyl (C=O) groups excluding carboxylic acids is 2. The van der Waals surface area contributed by atoms with Crippen LogP contribution >= 0.6 is 15.9 Å². The van der Waals surface area contributed by atoms with E-state index in [0.717, 1.165) is 0 Å². The minimum atomic E-state index is -1.17. The Balaban J connectivity index is 3.18. The Morgan fingerprint density at radius 3 is 2.31 bits per heavy atom. The molecule has 1 aromatic rings. The minimum Gasteiger partial charge on any atom is -0.301 e. The van der Waals surface area contributed by atoms with E-state index in [2.05, 4.69) is 15.9 Å². The molecule has 0 bridgehead atoms. The number of halogens is 1. The van der Waals surface area contributed by atoms with Gasteiger partial charge in [0, 0.05) is 0 Å². The molecule has 13 heavy (non-hydrogen) atoms. The van der Waals surface area contributed by atoms with Gasteiger partial charge in [-0.25, -0.2) is 0 Å². The van der Waals surface area contributed by atoms with Gasteiger partial charge in [0.1, 0.15) is 6.29 Å². The molecule has 1 atom stereocenters. The summed E-state index contributed by atoms with van der Waals surface area (Å²) in [6.45, 7) is 1.39. The molecule has 0 spiro atoms. The van der Waals surface area contributed by atoms with Crippen LogP contribution in [0.5, 0.6) is 0 Å². The highest BCUT2D eigenvalue weighted by Gasteiger charge is 2.33. The summed E-state index contributed by atoms with van der Waals surface area (Å²) in [5, 5.41) is 0. The molecular formula is C10H9BrO2. The first-order valence-corrected chi connectivity index (χ1v) is 4.62. The lowest BCUT2D eigenvalue weighted by Gasteiger charge is -2.17. The summed E-state index contributed by atoms with van der Waals surface area (Å²) in [6.07, 6.45) is 0.616. The highest BCUT2D eigenvalue weighted by Crippen LogP contribution is 2.29. The molecule has 0 saturated carbocycles. The van der Waals surface area contributed by atoms with Crippen LogP contribution in [0.3, 0.4) is 0 Å². The summed E-state index contributed by atoms with van der Waals surface area (Å²) in [5.74, 6) is -0.214. The van der Waals surface area contributed by atoms with E-state index in [1.54, 1.807) is 24.3 Å². The van der Waals surface area contributed by atoms with Crippen molar-refractivity contribution in [3.8, 4) is 0 Å². The maximum atomic E-state index is 11.2. The fourth-order valence-corrected chi connectivity index (χ4v) is 1.30. The van der Waals surface area contributed by atoms with Crippen LogP contribution in [-0.4, -0.2) is 12.1 Å². The third kappa shape index (κ3) is 1.86. The second-order valence-electron chi connectivity index (χ2n) is 2.75. The average Bonchev–Trinajstić information content (AvgIpc) is 2.17. The van der Waals surface area contributed by atoms with Crippen LogP contribution in [0.25, 0.3) is 0 Å². The maximum absolute atomic E-state index is 11.2. The van der Waals surface area contributed by atoms with Crippen LogP contribution in [-0.2, 0) is 13.9 Å². The standard InChI is InChI=1S/C10H9BrO2/c1-8(13)10(11,7-12)9-5-3-2-4-6-9/h2-7H,1H3. The Bertz CT molecular complexity index is 321. The van der Waals surface area contributed by atoms with Crippen LogP contribution in [0.15, 0.2) is 30.3 Å². The van der Waals surface area contributed by atoms with Gasteiger partial charge in [-0.3, -0.25) is 4.79 Å². The second-order valence-corrected chi connectivity index (χ2v) is 4.00. The number of Topliss-reactive ketones (excluding diaryl/α,β-unsaturated/α-hetero) is 1. The van der Waals surface area contributed by atoms with Crippen molar-refractivity contribution >= 4 is 28.0 Å². The van der Waals surface area contributed by atoms with Gasteiger partial charge in [-0.2, -0.15) is 0 Å². The molecule has 0 fully saturated rings. The van der Waals surface area contributed by atoms with Crippen molar-refractivity contribution in [1.82, 2.24) is 0 Å². The first-order valence-electron chi connectivity index (χ1n) is 3.83. The average molecular weight is 241 g/mol. The number of hydrogen-bond acceptors (Lipinski definition) is 2. The molecule has 1 unspecified atom stereocenters. The molecule has 0 aliphatic carbocycles. The lowest BCUT2D eigenvalue weighted by Crippen LogP contribution is -2.28. The van der Waals surface area contributed by atoms with Crippen molar-refractivity contribution in [2.75, 3.05) is 0 Å². The van der Waals surface area contributed by atoms with Gasteiger partial charge in [-0.05, 0) is 12.5 Å². The largest absolute Gasteiger partial charge is 0.301 e. The van der Waals surface area contributed by atoms with E-state index in [1.807, 2.05) is 6.07 Å². The Hall–Kier alpha value is -0.960. The van der Waals surface area contributed by atoms with Gasteiger partial charge in [0.2, 0.25) is 0 Å². The lowest BCUT2D eigenvalue weighted by atomic mass is 9.97. The highest BCUT2D eigenvalue weighted by atomic mass is 79.9. The predicted molar refractivity (Wildman–Crippen MR) is 53.8 cm³/mol. The topological polar surface area (TPSA) is 34.1 Å². The molecule has 0 saturated heterocycles. The fourth-order valence-electron chi connectivity index (χ4n) is 1.03. The summed E-state index contributed by atoms with van der Waals surface area (Å²) in [6, 6.07) is 8.90. The number of hydrogen-bond donors (Lipinski definition) is 0. The summed E-state index contributed by atoms with van der Waals surface area (Å²) in [4.78, 5) is 22.0. The molecule has 0 aliphatic heterocycles. The van der Waals surface area contributed by atoms with E-state index in [0.29, 0.717) is 11.8 Å². The third-order valence-corrected chi connectivity index (χ3v) is 3.07. The van der Waals surface area contributed by atoms with E-state index in [9.17, 15) is 9.59 Å². The summed E-state index contributed by atoms with van der Waals surface area (Å²) in [7, 11) is 0. The molecule has 0 amide bonds. The van der Waals surface area contributed by atoms with Crippen molar-refractivity contribution in [3.05, 3.63) is 35.9 Å². The van der Waals surface area contributed by atoms with Crippen molar-refractivity contribution in [3.63, 3.8) is 0 Å². The first kappa shape index (κ1) is 10.1. The van der Waals surface area contributed by atoms with Gasteiger partial charge >= 0.3 is 0 Å². The Labute approximate surface area is 85.1 Å². The molecule has 3 heteroatoms. The van der Waals surface area contributed by atoms with Gasteiger partial charge in [-0.15, -0.1) is 0 Å². The van der Waals surface area contributed by atoms with Crippen LogP contribution in [0, 0.1) is 0 Å². The number of rotatable bonds is 3. The Kier molecular flexibility index (Phi) is 2.98. The zero-order valence-electron chi connectivity index (χ0n) is 7.16. The number of aldehydes is 1. The Morgan fingerprint density at radius 1 is 1.38 bits per heavy atom. The van der Waals surface area contributed by atoms with E-state index in [1.165, 1.54) is 6.92 Å².